The zero-order valence-corrected chi connectivity index (χ0v) is 81.5. The molecule has 0 spiro atoms. The second-order valence-electron chi connectivity index (χ2n) is 42.0. The Morgan fingerprint density at radius 2 is 0.954 bits per heavy atom. The number of morpholine rings is 2. The molecular weight excluding hydrogens is 1750 g/mol. The standard InChI is InChI=1S/C50H66ClN5O9S.C49H64ClN5O9S/c1-10-31-23-50(31,46(60)61-9)24-39(57)38-20-33(25-56(38)45(59)35(48(4,5)6)21-42(58)65-32-18-29-17-30(29)19-32)64-41-22-36(37-26-66-47(54-37)52-28(2)3)53-44-34(41)11-12-40(43(44)51)63-16-14-55-13-15-62-27-49(55,7)8;1-9-30-22-49(30,45(59)60)23-38(56)37-19-32(24-55(37)44(58)34(47(4,5)6)20-41(57)64-31-17-28-16-29(28)18-31)63-40-21-35(36-25-65-46(53-36)51-27(2)3)52-43-33(40)10-11-39(42(43)50)62-15-13-54-12-14-61-26-48(54,7)8/h10-12,22,26,28-33,35,38H,1,13-21,23-25,27H2,2-9H3,(H,52,54);9-11,21,25,27-32,34,37H,1,12-20,22-24,26H2,2-8H3,(H,51,53)(H,59,60)/t29-,30+,31-,32?,33-,35-,38+,50?;28-,29+,30-,31?,32-,34-,37+,49?/m11/s1. The quantitative estimate of drug-likeness (QED) is 0.0187. The molecule has 2 aromatic carbocycles. The number of halogens is 2. The second kappa shape index (κ2) is 39.0. The van der Waals surface area contributed by atoms with Crippen molar-refractivity contribution in [1.29, 1.82) is 0 Å². The van der Waals surface area contributed by atoms with Crippen molar-refractivity contribution in [3.63, 3.8) is 0 Å². The molecule has 710 valence electrons. The number of anilines is 2. The number of aliphatic carboxylic acids is 1. The first-order valence-electron chi connectivity index (χ1n) is 46.6. The van der Waals surface area contributed by atoms with E-state index in [0.717, 1.165) is 49.0 Å². The molecule has 2 amide bonds. The molecule has 16 rings (SSSR count). The topological polar surface area (TPSA) is 328 Å². The average Bonchev–Trinajstić information content (AvgIpc) is 1.59. The van der Waals surface area contributed by atoms with E-state index in [1.54, 1.807) is 29.2 Å². The van der Waals surface area contributed by atoms with Crippen LogP contribution in [0, 0.1) is 69.0 Å². The number of hydrogen-bond acceptors (Lipinski definition) is 27. The number of amides is 2. The number of thiazole rings is 2. The van der Waals surface area contributed by atoms with Crippen LogP contribution in [0.1, 0.15) is 187 Å². The van der Waals surface area contributed by atoms with E-state index in [9.17, 15) is 38.7 Å². The molecule has 6 saturated carbocycles. The van der Waals surface area contributed by atoms with Gasteiger partial charge in [-0.3, -0.25) is 48.2 Å². The van der Waals surface area contributed by atoms with Gasteiger partial charge in [0.05, 0.1) is 117 Å². The molecule has 10 aliphatic rings. The number of likely N-dealkylation sites (tertiary alicyclic amines) is 2. The number of carboxylic acids is 1. The number of nitrogens with one attached hydrogen (secondary N) is 2. The lowest BCUT2D eigenvalue weighted by atomic mass is 9.77. The number of carbonyl (C=O) groups is 8. The summed E-state index contributed by atoms with van der Waals surface area (Å²) in [7, 11) is 1.32. The number of carbonyl (C=O) groups excluding carboxylic acids is 7. The van der Waals surface area contributed by atoms with Crippen molar-refractivity contribution in [2.75, 3.05) is 96.7 Å². The van der Waals surface area contributed by atoms with E-state index in [-0.39, 0.29) is 122 Å². The Labute approximate surface area is 786 Å². The van der Waals surface area contributed by atoms with Crippen LogP contribution >= 0.6 is 45.9 Å². The van der Waals surface area contributed by atoms with Crippen LogP contribution in [0.25, 0.3) is 44.6 Å². The van der Waals surface area contributed by atoms with Crippen LogP contribution < -0.4 is 29.6 Å². The van der Waals surface area contributed by atoms with Crippen LogP contribution in [0.3, 0.4) is 0 Å². The van der Waals surface area contributed by atoms with Crippen molar-refractivity contribution in [1.82, 2.24) is 39.5 Å². The average molecular weight is 1880 g/mol. The lowest BCUT2D eigenvalue weighted by Crippen LogP contribution is -2.54. The van der Waals surface area contributed by atoms with Crippen molar-refractivity contribution in [2.24, 2.45) is 69.0 Å². The van der Waals surface area contributed by atoms with Crippen LogP contribution in [0.15, 0.2) is 72.5 Å². The molecule has 4 unspecified atom stereocenters. The van der Waals surface area contributed by atoms with E-state index in [1.165, 1.54) is 47.5 Å². The number of Topliss-reactive ketones (excluding diaryl/α,β-unsaturated/α-hetero) is 2. The van der Waals surface area contributed by atoms with Crippen LogP contribution in [-0.2, 0) is 62.0 Å². The van der Waals surface area contributed by atoms with Gasteiger partial charge in [-0.2, -0.15) is 0 Å². The van der Waals surface area contributed by atoms with Crippen LogP contribution in [0.5, 0.6) is 23.0 Å². The molecule has 28 nitrogen and oxygen atoms in total. The maximum Gasteiger partial charge on any atom is 0.312 e. The summed E-state index contributed by atoms with van der Waals surface area (Å²) in [5.41, 5.74) is -0.754. The molecule has 4 aromatic heterocycles. The highest BCUT2D eigenvalue weighted by Gasteiger charge is 2.63. The highest BCUT2D eigenvalue weighted by atomic mass is 35.5. The fourth-order valence-electron chi connectivity index (χ4n) is 20.5. The first kappa shape index (κ1) is 96.9. The number of pyridine rings is 2. The minimum Gasteiger partial charge on any atom is -0.491 e. The number of fused-ring (bicyclic) bond motifs is 4. The summed E-state index contributed by atoms with van der Waals surface area (Å²) in [6, 6.07) is 9.35. The monoisotopic (exact) mass is 1880 g/mol. The molecule has 6 aliphatic carbocycles. The van der Waals surface area contributed by atoms with Gasteiger partial charge in [0.25, 0.3) is 0 Å². The van der Waals surface area contributed by atoms with E-state index >= 15 is 4.79 Å². The molecule has 0 radical (unpaired) electrons. The highest BCUT2D eigenvalue weighted by molar-refractivity contribution is 7.14. The normalized spacial score (nSPS) is 27.4. The van der Waals surface area contributed by atoms with Gasteiger partial charge in [0.1, 0.15) is 82.1 Å². The minimum absolute atomic E-state index is 0.0267. The van der Waals surface area contributed by atoms with Crippen LogP contribution in [0.2, 0.25) is 10.0 Å². The van der Waals surface area contributed by atoms with Gasteiger partial charge in [-0.05, 0) is 177 Å². The van der Waals surface area contributed by atoms with Crippen molar-refractivity contribution in [3.05, 3.63) is 82.5 Å². The maximum absolute atomic E-state index is 15.0. The highest BCUT2D eigenvalue weighted by Crippen LogP contribution is 2.60. The lowest BCUT2D eigenvalue weighted by molar-refractivity contribution is -0.157. The number of benzene rings is 2. The van der Waals surface area contributed by atoms with E-state index < -0.39 is 81.7 Å². The summed E-state index contributed by atoms with van der Waals surface area (Å²) in [4.78, 5) is 139. The molecular formula is C99H130Cl2N10O18S2. The smallest absolute Gasteiger partial charge is 0.312 e. The predicted molar refractivity (Wildman–Crippen MR) is 503 cm³/mol. The van der Waals surface area contributed by atoms with Crippen LogP contribution in [-0.4, -0.2) is 238 Å². The summed E-state index contributed by atoms with van der Waals surface area (Å²) < 4.78 is 54.9. The van der Waals surface area contributed by atoms with E-state index in [0.29, 0.717) is 167 Å². The SMILES string of the molecule is C=C[C@@H]1CC1(CC(=O)[C@@H]1C[C@@H](Oc2cc(-c3csc(NC(C)C)n3)nc3c(Cl)c(OCCN4CCOCC4(C)C)ccc23)CN1C(=O)[C@@H](CC(=O)OC1C[C@@H]2C[C@@H]2C1)C(C)(C)C)C(=O)O.C=C[C@@H]1CC1(CC(=O)[C@@H]1C[C@@H](Oc2cc(-c3csc(NC(C)C)n3)nc3c(Cl)c(OCCN4CCOCC4(C)C)ccc23)CN1C(=O)[C@@H](CC(=O)OC1C[C@@H]2C[C@@H]2C1)C(C)(C)C)C(=O)OC. The zero-order chi connectivity index (χ0) is 93.9. The predicted octanol–water partition coefficient (Wildman–Crippen LogP) is 16.7. The zero-order valence-electron chi connectivity index (χ0n) is 78.3. The third-order valence-electron chi connectivity index (χ3n) is 28.6. The van der Waals surface area contributed by atoms with Crippen LogP contribution in [0.4, 0.5) is 10.3 Å². The van der Waals surface area contributed by atoms with E-state index in [2.05, 4.69) is 61.3 Å². The molecule has 10 fully saturated rings. The number of hydrogen-bond donors (Lipinski definition) is 3. The number of nitrogens with zero attached hydrogens (tertiary/aromatic N) is 8. The molecule has 4 aliphatic heterocycles. The van der Waals surface area contributed by atoms with Gasteiger partial charge in [0.2, 0.25) is 11.8 Å². The minimum atomic E-state index is -1.27. The van der Waals surface area contributed by atoms with Crippen molar-refractivity contribution in [3.8, 4) is 45.8 Å². The third-order valence-corrected chi connectivity index (χ3v) is 30.9. The first-order valence-corrected chi connectivity index (χ1v) is 49.2. The number of rotatable bonds is 36. The fourth-order valence-corrected chi connectivity index (χ4v) is 22.7. The van der Waals surface area contributed by atoms with Gasteiger partial charge >= 0.3 is 23.9 Å². The summed E-state index contributed by atoms with van der Waals surface area (Å²) >= 11 is 17.3. The number of methoxy groups -OCH3 is 1. The second-order valence-corrected chi connectivity index (χ2v) is 44.5. The number of aromatic nitrogens is 4. The molecule has 0 bridgehead atoms. The van der Waals surface area contributed by atoms with Gasteiger partial charge in [0.15, 0.2) is 21.8 Å². The summed E-state index contributed by atoms with van der Waals surface area (Å²) in [5.74, 6) is -1.55. The molecule has 32 heteroatoms. The Bertz CT molecular complexity index is 5300. The van der Waals surface area contributed by atoms with Gasteiger partial charge in [-0.25, -0.2) is 19.9 Å². The summed E-state index contributed by atoms with van der Waals surface area (Å²) in [5, 5.41) is 24.1. The Balaban J connectivity index is 0.000000201. The van der Waals surface area contributed by atoms with Crippen molar-refractivity contribution in [2.45, 2.75) is 246 Å². The fraction of sp³-hybridized carbons (Fsp3) is 0.636. The number of ether oxygens (including phenoxy) is 9. The molecule has 4 saturated heterocycles. The summed E-state index contributed by atoms with van der Waals surface area (Å²) in [6.45, 7) is 42.4. The maximum atomic E-state index is 15.0. The molecule has 3 N–H and O–H groups in total. The van der Waals surface area contributed by atoms with Gasteiger partial charge in [-0.15, -0.1) is 35.8 Å². The van der Waals surface area contributed by atoms with Gasteiger partial charge < -0.3 is 68.2 Å². The largest absolute Gasteiger partial charge is 0.491 e. The number of carboxylic acid groups (broad SMARTS) is 1. The Morgan fingerprint density at radius 1 is 0.557 bits per heavy atom. The number of allylic oxidation sites excluding steroid dienone is 2. The third kappa shape index (κ3) is 21.8. The van der Waals surface area contributed by atoms with Gasteiger partial charge in [0, 0.05) is 109 Å². The molecule has 8 heterocycles. The van der Waals surface area contributed by atoms with Gasteiger partial charge in [-0.1, -0.05) is 76.9 Å². The molecule has 6 aromatic rings. The molecule has 131 heavy (non-hydrogen) atoms. The summed E-state index contributed by atoms with van der Waals surface area (Å²) in [6.07, 6.45) is 7.87. The first-order chi connectivity index (χ1) is 62.0. The van der Waals surface area contributed by atoms with E-state index in [4.69, 9.17) is 85.8 Å². The number of esters is 3. The van der Waals surface area contributed by atoms with E-state index in [1.807, 2.05) is 104 Å². The lowest BCUT2D eigenvalue weighted by Gasteiger charge is -2.41. The molecule has 16 atom stereocenters. The Hall–Kier alpha value is -8.62. The Morgan fingerprint density at radius 3 is 1.31 bits per heavy atom. The number of ketones is 2. The Kier molecular flexibility index (Phi) is 28.9. The van der Waals surface area contributed by atoms with Crippen molar-refractivity contribution >= 4 is 125 Å². The van der Waals surface area contributed by atoms with Crippen molar-refractivity contribution < 1.29 is 86.1 Å².